The molecule has 1 aromatic carbocycles. The van der Waals surface area contributed by atoms with Crippen LogP contribution < -0.4 is 0 Å². The number of ether oxygens (including phenoxy) is 1. The molecule has 1 aromatic rings. The number of aliphatic hydroxyl groups is 1. The molecular weight excluding hydrogens is 304 g/mol. The molecule has 1 fully saturated rings. The molecule has 0 radical (unpaired) electrons. The summed E-state index contributed by atoms with van der Waals surface area (Å²) in [6, 6.07) is 6.10. The van der Waals surface area contributed by atoms with Crippen LogP contribution in [-0.2, 0) is 4.74 Å². The van der Waals surface area contributed by atoms with Crippen molar-refractivity contribution in [3.8, 4) is 0 Å². The van der Waals surface area contributed by atoms with Crippen molar-refractivity contribution in [3.63, 3.8) is 0 Å². The van der Waals surface area contributed by atoms with Gasteiger partial charge in [-0.2, -0.15) is 0 Å². The number of rotatable bonds is 2. The van der Waals surface area contributed by atoms with E-state index in [0.717, 1.165) is 22.0 Å². The maximum atomic E-state index is 10.8. The highest BCUT2D eigenvalue weighted by Gasteiger charge is 2.49. The Labute approximate surface area is 124 Å². The lowest BCUT2D eigenvalue weighted by Gasteiger charge is -2.31. The average molecular weight is 327 g/mol. The number of aliphatic hydroxyl groups excluding tert-OH is 1. The fraction of sp³-hybridized carbons (Fsp3) is 0.625. The van der Waals surface area contributed by atoms with Gasteiger partial charge in [-0.25, -0.2) is 0 Å². The fourth-order valence-corrected chi connectivity index (χ4v) is 3.68. The molecule has 0 saturated carbocycles. The summed E-state index contributed by atoms with van der Waals surface area (Å²) in [4.78, 5) is 0. The standard InChI is InChI=1S/C16H23BrO2/c1-10-6-7-13(17)11(8-10)14(18)12-9-15(2,3)19-16(12,4)5/h6-8,12,14,18H,9H2,1-5H3. The second-order valence-electron chi connectivity index (χ2n) is 6.75. The summed E-state index contributed by atoms with van der Waals surface area (Å²) in [6.07, 6.45) is 0.354. The van der Waals surface area contributed by atoms with E-state index in [1.54, 1.807) is 0 Å². The van der Waals surface area contributed by atoms with Crippen molar-refractivity contribution >= 4 is 15.9 Å². The number of aryl methyl sites for hydroxylation is 1. The molecule has 0 aliphatic carbocycles. The van der Waals surface area contributed by atoms with Gasteiger partial charge in [-0.1, -0.05) is 33.6 Å². The number of benzene rings is 1. The summed E-state index contributed by atoms with van der Waals surface area (Å²) >= 11 is 3.54. The van der Waals surface area contributed by atoms with Crippen LogP contribution in [0.4, 0.5) is 0 Å². The molecule has 2 nitrogen and oxygen atoms in total. The second kappa shape index (κ2) is 4.87. The molecule has 1 aliphatic heterocycles. The highest BCUT2D eigenvalue weighted by atomic mass is 79.9. The lowest BCUT2D eigenvalue weighted by molar-refractivity contribution is -0.0881. The Balaban J connectivity index is 2.34. The third-order valence-corrected chi connectivity index (χ3v) is 4.72. The molecule has 1 aliphatic rings. The van der Waals surface area contributed by atoms with E-state index in [0.29, 0.717) is 0 Å². The summed E-state index contributed by atoms with van der Waals surface area (Å²) in [5.74, 6) is 0.0978. The molecule has 3 heteroatoms. The summed E-state index contributed by atoms with van der Waals surface area (Å²) in [6.45, 7) is 10.4. The molecule has 19 heavy (non-hydrogen) atoms. The van der Waals surface area contributed by atoms with Gasteiger partial charge in [0.1, 0.15) is 0 Å². The van der Waals surface area contributed by atoms with Crippen molar-refractivity contribution in [2.75, 3.05) is 0 Å². The second-order valence-corrected chi connectivity index (χ2v) is 7.60. The van der Waals surface area contributed by atoms with E-state index >= 15 is 0 Å². The average Bonchev–Trinajstić information content (AvgIpc) is 2.49. The molecule has 1 N–H and O–H groups in total. The molecule has 1 heterocycles. The highest BCUT2D eigenvalue weighted by Crippen LogP contribution is 2.48. The van der Waals surface area contributed by atoms with Crippen LogP contribution in [0.1, 0.15) is 51.3 Å². The Bertz CT molecular complexity index is 480. The van der Waals surface area contributed by atoms with Crippen molar-refractivity contribution in [1.82, 2.24) is 0 Å². The number of halogens is 1. The first kappa shape index (κ1) is 15.0. The molecule has 0 spiro atoms. The van der Waals surface area contributed by atoms with Crippen LogP contribution >= 0.6 is 15.9 Å². The molecular formula is C16H23BrO2. The highest BCUT2D eigenvalue weighted by molar-refractivity contribution is 9.10. The maximum absolute atomic E-state index is 10.8. The van der Waals surface area contributed by atoms with E-state index in [2.05, 4.69) is 49.7 Å². The van der Waals surface area contributed by atoms with Crippen LogP contribution in [0.2, 0.25) is 0 Å². The van der Waals surface area contributed by atoms with Gasteiger partial charge in [0.15, 0.2) is 0 Å². The number of hydrogen-bond acceptors (Lipinski definition) is 2. The van der Waals surface area contributed by atoms with Crippen LogP contribution in [0.15, 0.2) is 22.7 Å². The monoisotopic (exact) mass is 326 g/mol. The summed E-state index contributed by atoms with van der Waals surface area (Å²) in [7, 11) is 0. The SMILES string of the molecule is Cc1ccc(Br)c(C(O)C2CC(C)(C)OC2(C)C)c1. The third kappa shape index (κ3) is 3.04. The predicted molar refractivity (Wildman–Crippen MR) is 81.2 cm³/mol. The maximum Gasteiger partial charge on any atom is 0.0857 e. The first-order valence-corrected chi connectivity index (χ1v) is 7.56. The van der Waals surface area contributed by atoms with Crippen LogP contribution in [0.25, 0.3) is 0 Å². The van der Waals surface area contributed by atoms with Gasteiger partial charge < -0.3 is 9.84 Å². The van der Waals surface area contributed by atoms with E-state index in [-0.39, 0.29) is 17.1 Å². The molecule has 0 bridgehead atoms. The Morgan fingerprint density at radius 3 is 2.47 bits per heavy atom. The zero-order valence-electron chi connectivity index (χ0n) is 12.3. The Hall–Kier alpha value is -0.380. The van der Waals surface area contributed by atoms with Gasteiger partial charge in [-0.3, -0.25) is 0 Å². The van der Waals surface area contributed by atoms with Gasteiger partial charge >= 0.3 is 0 Å². The summed E-state index contributed by atoms with van der Waals surface area (Å²) < 4.78 is 7.05. The van der Waals surface area contributed by atoms with E-state index in [1.165, 1.54) is 0 Å². The van der Waals surface area contributed by atoms with Gasteiger partial charge in [0.2, 0.25) is 0 Å². The van der Waals surface area contributed by atoms with Gasteiger partial charge in [0, 0.05) is 10.4 Å². The Kier molecular flexibility index (Phi) is 3.85. The van der Waals surface area contributed by atoms with Crippen molar-refractivity contribution in [2.24, 2.45) is 5.92 Å². The normalized spacial score (nSPS) is 26.4. The largest absolute Gasteiger partial charge is 0.388 e. The van der Waals surface area contributed by atoms with Crippen LogP contribution in [0.5, 0.6) is 0 Å². The minimum Gasteiger partial charge on any atom is -0.388 e. The van der Waals surface area contributed by atoms with E-state index in [4.69, 9.17) is 4.74 Å². The smallest absolute Gasteiger partial charge is 0.0857 e. The topological polar surface area (TPSA) is 29.5 Å². The molecule has 2 unspecified atom stereocenters. The molecule has 0 aromatic heterocycles. The van der Waals surface area contributed by atoms with Gasteiger partial charge in [0.05, 0.1) is 17.3 Å². The van der Waals surface area contributed by atoms with Gasteiger partial charge in [0.25, 0.3) is 0 Å². The van der Waals surface area contributed by atoms with Gasteiger partial charge in [-0.05, 0) is 52.7 Å². The first-order valence-electron chi connectivity index (χ1n) is 6.77. The molecule has 2 atom stereocenters. The lowest BCUT2D eigenvalue weighted by Crippen LogP contribution is -2.32. The minimum atomic E-state index is -0.508. The molecule has 0 amide bonds. The van der Waals surface area contributed by atoms with Crippen molar-refractivity contribution in [1.29, 1.82) is 0 Å². The van der Waals surface area contributed by atoms with Crippen molar-refractivity contribution in [3.05, 3.63) is 33.8 Å². The Morgan fingerprint density at radius 1 is 1.32 bits per heavy atom. The van der Waals surface area contributed by atoms with Crippen molar-refractivity contribution in [2.45, 2.75) is 58.3 Å². The Morgan fingerprint density at radius 2 is 1.95 bits per heavy atom. The van der Waals surface area contributed by atoms with E-state index in [1.807, 2.05) is 19.1 Å². The quantitative estimate of drug-likeness (QED) is 0.873. The fourth-order valence-electron chi connectivity index (χ4n) is 3.20. The van der Waals surface area contributed by atoms with Crippen LogP contribution in [0.3, 0.4) is 0 Å². The molecule has 106 valence electrons. The zero-order chi connectivity index (χ0) is 14.4. The van der Waals surface area contributed by atoms with Crippen LogP contribution in [0, 0.1) is 12.8 Å². The molecule has 2 rings (SSSR count). The third-order valence-electron chi connectivity index (χ3n) is 4.00. The van der Waals surface area contributed by atoms with Crippen LogP contribution in [-0.4, -0.2) is 16.3 Å². The predicted octanol–water partition coefficient (Wildman–Crippen LogP) is 4.38. The summed E-state index contributed by atoms with van der Waals surface area (Å²) in [5, 5.41) is 10.8. The molecule has 1 saturated heterocycles. The van der Waals surface area contributed by atoms with E-state index < -0.39 is 6.10 Å². The van der Waals surface area contributed by atoms with Gasteiger partial charge in [-0.15, -0.1) is 0 Å². The minimum absolute atomic E-state index is 0.0978. The first-order chi connectivity index (χ1) is 8.62. The lowest BCUT2D eigenvalue weighted by atomic mass is 9.80. The zero-order valence-corrected chi connectivity index (χ0v) is 13.9. The summed E-state index contributed by atoms with van der Waals surface area (Å²) in [5.41, 5.74) is 1.63. The number of hydrogen-bond donors (Lipinski definition) is 1. The van der Waals surface area contributed by atoms with E-state index in [9.17, 15) is 5.11 Å². The van der Waals surface area contributed by atoms with Crippen molar-refractivity contribution < 1.29 is 9.84 Å².